The van der Waals surface area contributed by atoms with Crippen molar-refractivity contribution in [1.29, 1.82) is 0 Å². The maximum atomic E-state index is 4.08. The van der Waals surface area contributed by atoms with Gasteiger partial charge in [0.25, 0.3) is 0 Å². The largest absolute Gasteiger partial charge is 0.337 e. The molecule has 4 heteroatoms. The van der Waals surface area contributed by atoms with E-state index >= 15 is 0 Å². The van der Waals surface area contributed by atoms with Crippen LogP contribution in [-0.4, -0.2) is 19.1 Å². The van der Waals surface area contributed by atoms with E-state index in [4.69, 9.17) is 0 Å². The molecule has 0 saturated carbocycles. The van der Waals surface area contributed by atoms with E-state index < -0.39 is 0 Å². The van der Waals surface area contributed by atoms with Crippen molar-refractivity contribution in [2.45, 2.75) is 32.4 Å². The molecule has 0 aliphatic heterocycles. The van der Waals surface area contributed by atoms with Crippen LogP contribution in [0, 0.1) is 0 Å². The van der Waals surface area contributed by atoms with Crippen molar-refractivity contribution in [3.63, 3.8) is 0 Å². The molecule has 2 aromatic rings. The minimum Gasteiger partial charge on any atom is -0.337 e. The summed E-state index contributed by atoms with van der Waals surface area (Å²) in [5.74, 6) is 0. The molecule has 2 heterocycles. The Labute approximate surface area is 89.6 Å². The van der Waals surface area contributed by atoms with E-state index in [1.807, 2.05) is 37.4 Å². The van der Waals surface area contributed by atoms with Crippen LogP contribution < -0.4 is 0 Å². The normalized spacial score (nSPS) is 12.9. The van der Waals surface area contributed by atoms with Gasteiger partial charge in [-0.2, -0.15) is 0 Å². The van der Waals surface area contributed by atoms with Crippen LogP contribution >= 0.6 is 0 Å². The van der Waals surface area contributed by atoms with Crippen molar-refractivity contribution in [3.05, 3.63) is 37.4 Å². The number of aryl methyl sites for hydroxylation is 1. The second-order valence-corrected chi connectivity index (χ2v) is 3.66. The molecule has 2 rings (SSSR count). The molecule has 4 nitrogen and oxygen atoms in total. The van der Waals surface area contributed by atoms with Crippen molar-refractivity contribution >= 4 is 0 Å². The maximum Gasteiger partial charge on any atom is 0.0948 e. The molecule has 15 heavy (non-hydrogen) atoms. The Kier molecular flexibility index (Phi) is 3.17. The minimum atomic E-state index is 0.537. The minimum absolute atomic E-state index is 0.537. The Hall–Kier alpha value is -1.58. The summed E-state index contributed by atoms with van der Waals surface area (Å²) in [7, 11) is 0. The molecule has 2 aromatic heterocycles. The molecular weight excluding hydrogens is 188 g/mol. The van der Waals surface area contributed by atoms with E-state index in [1.165, 1.54) is 0 Å². The van der Waals surface area contributed by atoms with Crippen molar-refractivity contribution in [2.75, 3.05) is 0 Å². The highest BCUT2D eigenvalue weighted by Crippen LogP contribution is 2.15. The third kappa shape index (κ3) is 2.46. The number of nitrogens with zero attached hydrogens (tertiary/aromatic N) is 4. The molecule has 0 aliphatic rings. The third-order valence-corrected chi connectivity index (χ3v) is 2.70. The molecule has 0 fully saturated rings. The van der Waals surface area contributed by atoms with Crippen LogP contribution in [0.5, 0.6) is 0 Å². The van der Waals surface area contributed by atoms with E-state index in [2.05, 4.69) is 26.0 Å². The Morgan fingerprint density at radius 3 is 2.53 bits per heavy atom. The zero-order chi connectivity index (χ0) is 10.5. The third-order valence-electron chi connectivity index (χ3n) is 2.70. The highest BCUT2D eigenvalue weighted by molar-refractivity contribution is 4.81. The summed E-state index contributed by atoms with van der Waals surface area (Å²) < 4.78 is 4.29. The van der Waals surface area contributed by atoms with Crippen LogP contribution in [0.4, 0.5) is 0 Å². The molecule has 0 amide bonds. The molecule has 0 bridgehead atoms. The number of hydrogen-bond donors (Lipinski definition) is 0. The molecule has 80 valence electrons. The fraction of sp³-hybridized carbons (Fsp3) is 0.455. The highest BCUT2D eigenvalue weighted by atomic mass is 15.1. The molecule has 0 aromatic carbocycles. The Morgan fingerprint density at radius 1 is 1.13 bits per heavy atom. The van der Waals surface area contributed by atoms with Gasteiger partial charge >= 0.3 is 0 Å². The summed E-state index contributed by atoms with van der Waals surface area (Å²) in [4.78, 5) is 8.11. The van der Waals surface area contributed by atoms with Crippen molar-refractivity contribution < 1.29 is 0 Å². The van der Waals surface area contributed by atoms with E-state index in [-0.39, 0.29) is 0 Å². The zero-order valence-corrected chi connectivity index (χ0v) is 8.95. The lowest BCUT2D eigenvalue weighted by molar-refractivity contribution is 0.421. The van der Waals surface area contributed by atoms with Gasteiger partial charge in [0.1, 0.15) is 0 Å². The van der Waals surface area contributed by atoms with Gasteiger partial charge in [0, 0.05) is 37.4 Å². The Morgan fingerprint density at radius 2 is 1.93 bits per heavy atom. The number of rotatable bonds is 5. The van der Waals surface area contributed by atoms with Crippen LogP contribution in [0.25, 0.3) is 0 Å². The van der Waals surface area contributed by atoms with Crippen LogP contribution in [0.1, 0.15) is 25.8 Å². The lowest BCUT2D eigenvalue weighted by atomic mass is 10.1. The van der Waals surface area contributed by atoms with E-state index in [9.17, 15) is 0 Å². The van der Waals surface area contributed by atoms with Crippen LogP contribution in [0.15, 0.2) is 37.4 Å². The van der Waals surface area contributed by atoms with Crippen molar-refractivity contribution in [2.24, 2.45) is 0 Å². The predicted octanol–water partition coefficient (Wildman–Crippen LogP) is 2.12. The number of aromatic nitrogens is 4. The molecular formula is C11H16N4. The second kappa shape index (κ2) is 4.77. The average Bonchev–Trinajstić information content (AvgIpc) is 2.90. The second-order valence-electron chi connectivity index (χ2n) is 3.66. The Balaban J connectivity index is 1.92. The Bertz CT molecular complexity index is 363. The highest BCUT2D eigenvalue weighted by Gasteiger charge is 2.07. The molecule has 1 unspecified atom stereocenters. The van der Waals surface area contributed by atoms with Crippen molar-refractivity contribution in [3.8, 4) is 0 Å². The summed E-state index contributed by atoms with van der Waals surface area (Å²) in [5, 5.41) is 0. The molecule has 0 spiro atoms. The molecule has 0 radical (unpaired) electrons. The van der Waals surface area contributed by atoms with E-state index in [0.717, 1.165) is 19.4 Å². The standard InChI is InChI=1S/C11H16N4/c1-2-11(15-8-5-13-10-15)3-6-14-7-4-12-9-14/h4-5,7-11H,2-3,6H2,1H3. The van der Waals surface area contributed by atoms with E-state index in [1.54, 1.807) is 0 Å². The van der Waals surface area contributed by atoms with Crippen LogP contribution in [-0.2, 0) is 6.54 Å². The fourth-order valence-electron chi connectivity index (χ4n) is 1.77. The SMILES string of the molecule is CCC(CCn1ccnc1)n1ccnc1. The quantitative estimate of drug-likeness (QED) is 0.747. The van der Waals surface area contributed by atoms with Crippen LogP contribution in [0.3, 0.4) is 0 Å². The molecule has 0 saturated heterocycles. The van der Waals surface area contributed by atoms with Gasteiger partial charge in [-0.15, -0.1) is 0 Å². The summed E-state index contributed by atoms with van der Waals surface area (Å²) in [5.41, 5.74) is 0. The average molecular weight is 204 g/mol. The van der Waals surface area contributed by atoms with Gasteiger partial charge in [0.2, 0.25) is 0 Å². The van der Waals surface area contributed by atoms with Gasteiger partial charge in [-0.3, -0.25) is 0 Å². The topological polar surface area (TPSA) is 35.6 Å². The van der Waals surface area contributed by atoms with Gasteiger partial charge in [-0.25, -0.2) is 9.97 Å². The number of hydrogen-bond acceptors (Lipinski definition) is 2. The summed E-state index contributed by atoms with van der Waals surface area (Å²) in [6.07, 6.45) is 13.7. The van der Waals surface area contributed by atoms with Gasteiger partial charge in [0.15, 0.2) is 0 Å². The van der Waals surface area contributed by atoms with Crippen LogP contribution in [0.2, 0.25) is 0 Å². The van der Waals surface area contributed by atoms with E-state index in [0.29, 0.717) is 6.04 Å². The first kappa shape index (κ1) is 9.96. The summed E-state index contributed by atoms with van der Waals surface area (Å²) in [6.45, 7) is 3.22. The number of imidazole rings is 2. The summed E-state index contributed by atoms with van der Waals surface area (Å²) in [6, 6.07) is 0.537. The first-order chi connectivity index (χ1) is 7.40. The molecule has 0 aliphatic carbocycles. The fourth-order valence-corrected chi connectivity index (χ4v) is 1.77. The monoisotopic (exact) mass is 204 g/mol. The van der Waals surface area contributed by atoms with Gasteiger partial charge < -0.3 is 9.13 Å². The first-order valence-electron chi connectivity index (χ1n) is 5.33. The van der Waals surface area contributed by atoms with Crippen molar-refractivity contribution in [1.82, 2.24) is 19.1 Å². The summed E-state index contributed by atoms with van der Waals surface area (Å²) >= 11 is 0. The van der Waals surface area contributed by atoms with Gasteiger partial charge in [-0.05, 0) is 12.8 Å². The maximum absolute atomic E-state index is 4.08. The lowest BCUT2D eigenvalue weighted by Crippen LogP contribution is -2.09. The predicted molar refractivity (Wildman–Crippen MR) is 58.4 cm³/mol. The molecule has 0 N–H and O–H groups in total. The van der Waals surface area contributed by atoms with Gasteiger partial charge in [0.05, 0.1) is 12.7 Å². The lowest BCUT2D eigenvalue weighted by Gasteiger charge is -2.16. The smallest absolute Gasteiger partial charge is 0.0948 e. The van der Waals surface area contributed by atoms with Gasteiger partial charge in [-0.1, -0.05) is 6.92 Å². The first-order valence-corrected chi connectivity index (χ1v) is 5.33. The molecule has 1 atom stereocenters. The zero-order valence-electron chi connectivity index (χ0n) is 8.95.